The molecule has 6 nitrogen and oxygen atoms in total. The van der Waals surface area contributed by atoms with Crippen molar-refractivity contribution in [1.82, 2.24) is 13.9 Å². The van der Waals surface area contributed by atoms with Gasteiger partial charge in [0.1, 0.15) is 5.82 Å². The maximum absolute atomic E-state index is 14.2. The summed E-state index contributed by atoms with van der Waals surface area (Å²) in [5.41, 5.74) is 2.05. The number of aromatic nitrogens is 2. The van der Waals surface area contributed by atoms with Crippen LogP contribution >= 0.6 is 0 Å². The molecule has 200 valence electrons. The molecule has 0 fully saturated rings. The predicted molar refractivity (Wildman–Crippen MR) is 158 cm³/mol. The Balaban J connectivity index is 1.69. The number of rotatable bonds is 9. The van der Waals surface area contributed by atoms with E-state index in [-0.39, 0.29) is 10.5 Å². The van der Waals surface area contributed by atoms with Gasteiger partial charge in [-0.2, -0.15) is 4.31 Å². The van der Waals surface area contributed by atoms with E-state index in [0.717, 1.165) is 29.2 Å². The van der Waals surface area contributed by atoms with Crippen LogP contribution in [0.2, 0.25) is 0 Å². The van der Waals surface area contributed by atoms with Gasteiger partial charge in [-0.3, -0.25) is 9.36 Å². The molecule has 5 rings (SSSR count). The van der Waals surface area contributed by atoms with Gasteiger partial charge in [-0.1, -0.05) is 79.9 Å². The summed E-state index contributed by atoms with van der Waals surface area (Å²) in [6, 6.07) is 27.1. The molecule has 0 bridgehead atoms. The lowest BCUT2D eigenvalue weighted by Crippen LogP contribution is -2.38. The number of sulfonamides is 1. The van der Waals surface area contributed by atoms with E-state index in [1.54, 1.807) is 28.8 Å². The largest absolute Gasteiger partial charge is 0.268 e. The van der Waals surface area contributed by atoms with Gasteiger partial charge < -0.3 is 0 Å². The van der Waals surface area contributed by atoms with E-state index in [9.17, 15) is 13.2 Å². The fraction of sp³-hybridized carbons (Fsp3) is 0.250. The fourth-order valence-corrected chi connectivity index (χ4v) is 6.67. The first-order valence-electron chi connectivity index (χ1n) is 13.4. The standard InChI is InChI=1S/C32H33N3O3S/c1-4-5-10-21-34(39(37,38)28-20-17-25-11-6-7-12-26(25)22-28)24(3)31-33-30-14-9-8-13-29(30)32(36)35(31)27-18-15-23(2)16-19-27/h6-9,11-20,22,24H,4-5,10,21H2,1-3H3. The summed E-state index contributed by atoms with van der Waals surface area (Å²) < 4.78 is 31.5. The second-order valence-electron chi connectivity index (χ2n) is 9.97. The molecule has 0 saturated heterocycles. The Bertz CT molecular complexity index is 1790. The summed E-state index contributed by atoms with van der Waals surface area (Å²) >= 11 is 0. The van der Waals surface area contributed by atoms with Crippen molar-refractivity contribution >= 4 is 31.7 Å². The lowest BCUT2D eigenvalue weighted by molar-refractivity contribution is 0.320. The topological polar surface area (TPSA) is 72.3 Å². The zero-order chi connectivity index (χ0) is 27.6. The van der Waals surface area contributed by atoms with Gasteiger partial charge in [0.2, 0.25) is 10.0 Å². The van der Waals surface area contributed by atoms with E-state index >= 15 is 0 Å². The zero-order valence-corrected chi connectivity index (χ0v) is 23.4. The third-order valence-electron chi connectivity index (χ3n) is 7.21. The highest BCUT2D eigenvalue weighted by Crippen LogP contribution is 2.30. The molecule has 0 aliphatic heterocycles. The minimum atomic E-state index is -3.91. The van der Waals surface area contributed by atoms with E-state index in [4.69, 9.17) is 4.98 Å². The first kappa shape index (κ1) is 26.8. The van der Waals surface area contributed by atoms with Gasteiger partial charge in [-0.25, -0.2) is 13.4 Å². The second-order valence-corrected chi connectivity index (χ2v) is 11.9. The zero-order valence-electron chi connectivity index (χ0n) is 22.5. The maximum atomic E-state index is 14.2. The minimum absolute atomic E-state index is 0.220. The van der Waals surface area contributed by atoms with E-state index in [1.807, 2.05) is 80.6 Å². The monoisotopic (exact) mass is 539 g/mol. The first-order valence-corrected chi connectivity index (χ1v) is 14.8. The first-order chi connectivity index (χ1) is 18.8. The van der Waals surface area contributed by atoms with Gasteiger partial charge in [0, 0.05) is 6.54 Å². The Hall–Kier alpha value is -3.81. The highest BCUT2D eigenvalue weighted by Gasteiger charge is 2.33. The van der Waals surface area contributed by atoms with Crippen molar-refractivity contribution in [2.75, 3.05) is 6.54 Å². The van der Waals surface area contributed by atoms with Crippen LogP contribution in [0, 0.1) is 6.92 Å². The molecular weight excluding hydrogens is 506 g/mol. The highest BCUT2D eigenvalue weighted by atomic mass is 32.2. The van der Waals surface area contributed by atoms with Crippen molar-refractivity contribution < 1.29 is 8.42 Å². The van der Waals surface area contributed by atoms with Gasteiger partial charge >= 0.3 is 0 Å². The van der Waals surface area contributed by atoms with Crippen molar-refractivity contribution in [3.05, 3.63) is 113 Å². The normalized spacial score (nSPS) is 12.8. The Kier molecular flexibility index (Phi) is 7.64. The van der Waals surface area contributed by atoms with E-state index in [2.05, 4.69) is 6.92 Å². The van der Waals surface area contributed by atoms with Crippen LogP contribution in [-0.2, 0) is 10.0 Å². The number of hydrogen-bond donors (Lipinski definition) is 0. The quantitative estimate of drug-likeness (QED) is 0.193. The molecule has 39 heavy (non-hydrogen) atoms. The average Bonchev–Trinajstić information content (AvgIpc) is 2.95. The SMILES string of the molecule is CCCCCN(C(C)c1nc2ccccc2c(=O)n1-c1ccc(C)cc1)S(=O)(=O)c1ccc2ccccc2c1. The van der Waals surface area contributed by atoms with E-state index in [1.165, 1.54) is 4.31 Å². The van der Waals surface area contributed by atoms with Crippen LogP contribution in [0.1, 0.15) is 50.5 Å². The van der Waals surface area contributed by atoms with Crippen LogP contribution < -0.4 is 5.56 Å². The Morgan fingerprint density at radius 1 is 0.872 bits per heavy atom. The molecule has 0 aliphatic rings. The van der Waals surface area contributed by atoms with Crippen LogP contribution in [-0.4, -0.2) is 28.8 Å². The number of fused-ring (bicyclic) bond motifs is 2. The molecule has 1 atom stereocenters. The Morgan fingerprint density at radius 3 is 2.31 bits per heavy atom. The third-order valence-corrected chi connectivity index (χ3v) is 9.17. The van der Waals surface area contributed by atoms with Crippen molar-refractivity contribution in [1.29, 1.82) is 0 Å². The average molecular weight is 540 g/mol. The molecule has 7 heteroatoms. The van der Waals surface area contributed by atoms with Crippen molar-refractivity contribution in [2.45, 2.75) is 51.0 Å². The Morgan fingerprint density at radius 2 is 1.56 bits per heavy atom. The van der Waals surface area contributed by atoms with Crippen LogP contribution in [0.15, 0.2) is 101 Å². The lowest BCUT2D eigenvalue weighted by Gasteiger charge is -2.30. The molecule has 5 aromatic rings. The van der Waals surface area contributed by atoms with Crippen molar-refractivity contribution in [3.63, 3.8) is 0 Å². The summed E-state index contributed by atoms with van der Waals surface area (Å²) in [4.78, 5) is 19.0. The molecule has 0 spiro atoms. The smallest absolute Gasteiger partial charge is 0.266 e. The lowest BCUT2D eigenvalue weighted by atomic mass is 10.1. The summed E-state index contributed by atoms with van der Waals surface area (Å²) in [7, 11) is -3.91. The molecule has 1 unspecified atom stereocenters. The summed E-state index contributed by atoms with van der Waals surface area (Å²) in [5, 5.41) is 2.33. The van der Waals surface area contributed by atoms with Crippen molar-refractivity contribution in [3.8, 4) is 5.69 Å². The molecular formula is C32H33N3O3S. The van der Waals surface area contributed by atoms with E-state index < -0.39 is 16.1 Å². The number of aryl methyl sites for hydroxylation is 1. The third kappa shape index (κ3) is 5.24. The summed E-state index contributed by atoms with van der Waals surface area (Å²) in [6.45, 7) is 6.22. The van der Waals surface area contributed by atoms with E-state index in [0.29, 0.717) is 35.4 Å². The van der Waals surface area contributed by atoms with Crippen LogP contribution in [0.25, 0.3) is 27.4 Å². The predicted octanol–water partition coefficient (Wildman–Crippen LogP) is 6.79. The van der Waals surface area contributed by atoms with Crippen LogP contribution in [0.4, 0.5) is 0 Å². The minimum Gasteiger partial charge on any atom is -0.268 e. The molecule has 1 heterocycles. The number of benzene rings is 4. The van der Waals surface area contributed by atoms with Crippen molar-refractivity contribution in [2.24, 2.45) is 0 Å². The molecule has 4 aromatic carbocycles. The molecule has 0 radical (unpaired) electrons. The molecule has 0 N–H and O–H groups in total. The van der Waals surface area contributed by atoms with Gasteiger partial charge in [0.05, 0.1) is 27.5 Å². The summed E-state index contributed by atoms with van der Waals surface area (Å²) in [5.74, 6) is 0.392. The van der Waals surface area contributed by atoms with Crippen LogP contribution in [0.3, 0.4) is 0 Å². The Labute approximate surface area is 229 Å². The molecule has 1 aromatic heterocycles. The number of nitrogens with zero attached hydrogens (tertiary/aromatic N) is 3. The number of para-hydroxylation sites is 1. The highest BCUT2D eigenvalue weighted by molar-refractivity contribution is 7.89. The van der Waals surface area contributed by atoms with Gasteiger partial charge in [-0.05, 0) is 67.4 Å². The molecule has 0 saturated carbocycles. The molecule has 0 amide bonds. The van der Waals surface area contributed by atoms with Gasteiger partial charge in [-0.15, -0.1) is 0 Å². The summed E-state index contributed by atoms with van der Waals surface area (Å²) in [6.07, 6.45) is 2.56. The number of unbranched alkanes of at least 4 members (excludes halogenated alkanes) is 2. The molecule has 0 aliphatic carbocycles. The fourth-order valence-electron chi connectivity index (χ4n) is 5.01. The van der Waals surface area contributed by atoms with Gasteiger partial charge in [0.15, 0.2) is 0 Å². The maximum Gasteiger partial charge on any atom is 0.266 e. The second kappa shape index (κ2) is 11.1. The van der Waals surface area contributed by atoms with Crippen LogP contribution in [0.5, 0.6) is 0 Å². The number of hydrogen-bond acceptors (Lipinski definition) is 4. The van der Waals surface area contributed by atoms with Gasteiger partial charge in [0.25, 0.3) is 5.56 Å².